The largest absolute Gasteiger partial charge is 0.358 e. The molecule has 0 unspecified atom stereocenters. The molecule has 2 nitrogen and oxygen atoms in total. The summed E-state index contributed by atoms with van der Waals surface area (Å²) in [7, 11) is 0. The van der Waals surface area contributed by atoms with Crippen LogP contribution in [0.4, 0.5) is 5.69 Å². The number of hydrogen-bond acceptors (Lipinski definition) is 2. The van der Waals surface area contributed by atoms with E-state index in [9.17, 15) is 0 Å². The number of allylic oxidation sites excluding steroid dienone is 2. The van der Waals surface area contributed by atoms with Crippen molar-refractivity contribution in [2.75, 3.05) is 5.32 Å². The number of benzene rings is 1. The molecule has 0 aliphatic carbocycles. The number of fused-ring (bicyclic) bond motifs is 1. The molecule has 1 aliphatic heterocycles. The summed E-state index contributed by atoms with van der Waals surface area (Å²) in [6.45, 7) is 0. The molecule has 2 heteroatoms. The van der Waals surface area contributed by atoms with E-state index in [1.165, 1.54) is 5.56 Å². The molecular weight excluding hydrogens is 148 g/mol. The molecule has 58 valence electrons. The zero-order chi connectivity index (χ0) is 8.39. The van der Waals surface area contributed by atoms with E-state index in [-0.39, 0.29) is 0 Å². The Morgan fingerprint density at radius 3 is 3.00 bits per heavy atom. The minimum Gasteiger partial charge on any atom is -0.358 e. The third kappa shape index (κ3) is 1.06. The van der Waals surface area contributed by atoms with Crippen LogP contribution in [0.2, 0.25) is 0 Å². The van der Waals surface area contributed by atoms with Crippen LogP contribution in [0.3, 0.4) is 0 Å². The molecule has 0 saturated heterocycles. The lowest BCUT2D eigenvalue weighted by atomic mass is 10.1. The predicted octanol–water partition coefficient (Wildman–Crippen LogP) is 2.06. The number of rotatable bonds is 0. The summed E-state index contributed by atoms with van der Waals surface area (Å²) in [6, 6.07) is 10.1. The van der Waals surface area contributed by atoms with Crippen molar-refractivity contribution in [1.29, 1.82) is 5.26 Å². The van der Waals surface area contributed by atoms with E-state index in [1.807, 2.05) is 24.3 Å². The fourth-order valence-electron chi connectivity index (χ4n) is 1.38. The second-order valence-electron chi connectivity index (χ2n) is 2.76. The molecule has 0 fully saturated rings. The van der Waals surface area contributed by atoms with Crippen LogP contribution in [0.15, 0.2) is 36.0 Å². The standard InChI is InChI=1S/C10H8N2/c11-6-5-9-7-8-3-1-2-4-10(8)12-9/h1-5,12H,7H2/b9-5+. The number of nitrogens with zero attached hydrogens (tertiary/aromatic N) is 1. The highest BCUT2D eigenvalue weighted by Gasteiger charge is 2.12. The minimum atomic E-state index is 0.851. The molecule has 1 aromatic rings. The van der Waals surface area contributed by atoms with Gasteiger partial charge in [0.05, 0.1) is 6.07 Å². The Kier molecular flexibility index (Phi) is 1.56. The van der Waals surface area contributed by atoms with Crippen LogP contribution in [0, 0.1) is 11.3 Å². The quantitative estimate of drug-likeness (QED) is 0.583. The third-order valence-corrected chi connectivity index (χ3v) is 1.93. The van der Waals surface area contributed by atoms with Crippen molar-refractivity contribution in [3.63, 3.8) is 0 Å². The smallest absolute Gasteiger partial charge is 0.0930 e. The van der Waals surface area contributed by atoms with Crippen molar-refractivity contribution in [1.82, 2.24) is 0 Å². The van der Waals surface area contributed by atoms with Crippen LogP contribution < -0.4 is 5.32 Å². The van der Waals surface area contributed by atoms with Gasteiger partial charge in [0.15, 0.2) is 0 Å². The van der Waals surface area contributed by atoms with Gasteiger partial charge in [0, 0.05) is 23.9 Å². The van der Waals surface area contributed by atoms with E-state index in [0.717, 1.165) is 17.8 Å². The van der Waals surface area contributed by atoms with Crippen LogP contribution in [0.1, 0.15) is 5.56 Å². The summed E-state index contributed by atoms with van der Waals surface area (Å²) in [5, 5.41) is 11.6. The van der Waals surface area contributed by atoms with E-state index >= 15 is 0 Å². The molecule has 0 atom stereocenters. The lowest BCUT2D eigenvalue weighted by molar-refractivity contribution is 1.25. The highest BCUT2D eigenvalue weighted by atomic mass is 14.9. The molecule has 12 heavy (non-hydrogen) atoms. The number of anilines is 1. The predicted molar refractivity (Wildman–Crippen MR) is 47.5 cm³/mol. The van der Waals surface area contributed by atoms with Gasteiger partial charge in [-0.3, -0.25) is 0 Å². The van der Waals surface area contributed by atoms with Crippen molar-refractivity contribution in [2.45, 2.75) is 6.42 Å². The molecular formula is C10H8N2. The lowest BCUT2D eigenvalue weighted by Gasteiger charge is -1.95. The van der Waals surface area contributed by atoms with Crippen molar-refractivity contribution in [2.24, 2.45) is 0 Å². The number of nitrogens with one attached hydrogen (secondary N) is 1. The molecule has 1 N–H and O–H groups in total. The zero-order valence-corrected chi connectivity index (χ0v) is 6.54. The van der Waals surface area contributed by atoms with Crippen LogP contribution in [0.5, 0.6) is 0 Å². The van der Waals surface area contributed by atoms with Crippen molar-refractivity contribution in [3.8, 4) is 6.07 Å². The SMILES string of the molecule is N#C/C=C1\Cc2ccccc2N1. The maximum absolute atomic E-state index is 8.44. The Labute approximate surface area is 71.1 Å². The van der Waals surface area contributed by atoms with Gasteiger partial charge in [-0.25, -0.2) is 0 Å². The normalized spacial score (nSPS) is 16.8. The topological polar surface area (TPSA) is 35.8 Å². The maximum Gasteiger partial charge on any atom is 0.0930 e. The Balaban J connectivity index is 2.35. The second kappa shape index (κ2) is 2.71. The van der Waals surface area contributed by atoms with E-state index in [1.54, 1.807) is 6.08 Å². The molecule has 0 amide bonds. The first-order chi connectivity index (χ1) is 5.90. The van der Waals surface area contributed by atoms with Gasteiger partial charge in [-0.15, -0.1) is 0 Å². The molecule has 1 heterocycles. The highest BCUT2D eigenvalue weighted by molar-refractivity contribution is 5.62. The summed E-state index contributed by atoms with van der Waals surface area (Å²) in [5.74, 6) is 0. The van der Waals surface area contributed by atoms with E-state index in [4.69, 9.17) is 5.26 Å². The molecule has 0 spiro atoms. The van der Waals surface area contributed by atoms with Crippen LogP contribution in [0.25, 0.3) is 0 Å². The van der Waals surface area contributed by atoms with Crippen molar-refractivity contribution < 1.29 is 0 Å². The zero-order valence-electron chi connectivity index (χ0n) is 6.54. The third-order valence-electron chi connectivity index (χ3n) is 1.93. The molecule has 1 aliphatic rings. The van der Waals surface area contributed by atoms with E-state index in [2.05, 4.69) is 11.4 Å². The number of nitriles is 1. The van der Waals surface area contributed by atoms with Gasteiger partial charge >= 0.3 is 0 Å². The molecule has 1 aromatic carbocycles. The average Bonchev–Trinajstić information content (AvgIpc) is 2.47. The number of para-hydroxylation sites is 1. The second-order valence-corrected chi connectivity index (χ2v) is 2.76. The van der Waals surface area contributed by atoms with Crippen molar-refractivity contribution in [3.05, 3.63) is 41.6 Å². The Bertz CT molecular complexity index is 345. The monoisotopic (exact) mass is 156 g/mol. The first-order valence-electron chi connectivity index (χ1n) is 3.84. The first kappa shape index (κ1) is 6.93. The number of hydrogen-bond donors (Lipinski definition) is 1. The summed E-state index contributed by atoms with van der Waals surface area (Å²) in [6.07, 6.45) is 2.41. The van der Waals surface area contributed by atoms with Gasteiger partial charge in [0.1, 0.15) is 0 Å². The Morgan fingerprint density at radius 2 is 2.25 bits per heavy atom. The molecule has 0 bridgehead atoms. The van der Waals surface area contributed by atoms with Crippen LogP contribution in [-0.2, 0) is 6.42 Å². The molecule has 0 radical (unpaired) electrons. The van der Waals surface area contributed by atoms with Gasteiger partial charge in [-0.05, 0) is 11.6 Å². The van der Waals surface area contributed by atoms with E-state index in [0.29, 0.717) is 0 Å². The molecule has 0 aromatic heterocycles. The van der Waals surface area contributed by atoms with E-state index < -0.39 is 0 Å². The summed E-state index contributed by atoms with van der Waals surface area (Å²) < 4.78 is 0. The van der Waals surface area contributed by atoms with Gasteiger partial charge in [0.2, 0.25) is 0 Å². The first-order valence-corrected chi connectivity index (χ1v) is 3.84. The Morgan fingerprint density at radius 1 is 1.42 bits per heavy atom. The lowest BCUT2D eigenvalue weighted by Crippen LogP contribution is -1.89. The Hall–Kier alpha value is -1.75. The van der Waals surface area contributed by atoms with Crippen LogP contribution in [-0.4, -0.2) is 0 Å². The minimum absolute atomic E-state index is 0.851. The summed E-state index contributed by atoms with van der Waals surface area (Å²) >= 11 is 0. The average molecular weight is 156 g/mol. The van der Waals surface area contributed by atoms with Gasteiger partial charge in [0.25, 0.3) is 0 Å². The fourth-order valence-corrected chi connectivity index (χ4v) is 1.38. The van der Waals surface area contributed by atoms with Gasteiger partial charge in [-0.2, -0.15) is 5.26 Å². The molecule has 2 rings (SSSR count). The molecule has 0 saturated carbocycles. The van der Waals surface area contributed by atoms with Gasteiger partial charge < -0.3 is 5.32 Å². The van der Waals surface area contributed by atoms with Crippen LogP contribution >= 0.6 is 0 Å². The highest BCUT2D eigenvalue weighted by Crippen LogP contribution is 2.26. The fraction of sp³-hybridized carbons (Fsp3) is 0.100. The van der Waals surface area contributed by atoms with Crippen molar-refractivity contribution >= 4 is 5.69 Å². The summed E-state index contributed by atoms with van der Waals surface area (Å²) in [4.78, 5) is 0. The summed E-state index contributed by atoms with van der Waals surface area (Å²) in [5.41, 5.74) is 3.37. The van der Waals surface area contributed by atoms with Gasteiger partial charge in [-0.1, -0.05) is 18.2 Å². The maximum atomic E-state index is 8.44.